The summed E-state index contributed by atoms with van der Waals surface area (Å²) in [6, 6.07) is 1.69. The second-order valence-electron chi connectivity index (χ2n) is 3.66. The van der Waals surface area contributed by atoms with Crippen molar-refractivity contribution in [2.45, 2.75) is 30.9 Å². The molecule has 1 aliphatic carbocycles. The summed E-state index contributed by atoms with van der Waals surface area (Å²) in [5.74, 6) is 0. The molecule has 0 saturated heterocycles. The molecule has 0 bridgehead atoms. The van der Waals surface area contributed by atoms with Gasteiger partial charge < -0.3 is 4.72 Å². The van der Waals surface area contributed by atoms with E-state index in [4.69, 9.17) is 11.6 Å². The maximum atomic E-state index is 11.9. The van der Waals surface area contributed by atoms with Crippen LogP contribution in [0.4, 0.5) is 5.69 Å². The van der Waals surface area contributed by atoms with E-state index in [9.17, 15) is 4.21 Å². The molecule has 0 aromatic carbocycles. The quantitative estimate of drug-likeness (QED) is 0.889. The average Bonchev–Trinajstić information content (AvgIpc) is 2.74. The number of halogens is 1. The Labute approximate surface area is 96.8 Å². The summed E-state index contributed by atoms with van der Waals surface area (Å²) in [5.41, 5.74) is 0.657. The zero-order chi connectivity index (χ0) is 10.7. The molecular formula is C10H13ClN2OS. The first-order valence-corrected chi connectivity index (χ1v) is 6.63. The number of nitrogens with one attached hydrogen (secondary N) is 1. The van der Waals surface area contributed by atoms with Crippen molar-refractivity contribution >= 4 is 28.3 Å². The molecule has 0 amide bonds. The molecule has 15 heavy (non-hydrogen) atoms. The molecule has 82 valence electrons. The van der Waals surface area contributed by atoms with Gasteiger partial charge in [0.1, 0.15) is 11.0 Å². The zero-order valence-corrected chi connectivity index (χ0v) is 9.85. The topological polar surface area (TPSA) is 42.0 Å². The molecule has 0 radical (unpaired) electrons. The van der Waals surface area contributed by atoms with Crippen molar-refractivity contribution in [1.82, 2.24) is 4.98 Å². The van der Waals surface area contributed by atoms with Gasteiger partial charge in [0.05, 0.1) is 22.2 Å². The van der Waals surface area contributed by atoms with Crippen molar-refractivity contribution < 1.29 is 4.21 Å². The van der Waals surface area contributed by atoms with E-state index in [1.807, 2.05) is 0 Å². The largest absolute Gasteiger partial charge is 0.302 e. The Morgan fingerprint density at radius 3 is 2.87 bits per heavy atom. The van der Waals surface area contributed by atoms with E-state index >= 15 is 0 Å². The predicted molar refractivity (Wildman–Crippen MR) is 63.3 cm³/mol. The highest BCUT2D eigenvalue weighted by Gasteiger charge is 2.21. The summed E-state index contributed by atoms with van der Waals surface area (Å²) in [6.07, 6.45) is 7.66. The van der Waals surface area contributed by atoms with Crippen LogP contribution in [0, 0.1) is 0 Å². The lowest BCUT2D eigenvalue weighted by atomic mass is 10.4. The second kappa shape index (κ2) is 4.94. The zero-order valence-electron chi connectivity index (χ0n) is 8.28. The van der Waals surface area contributed by atoms with Crippen LogP contribution in [-0.4, -0.2) is 14.4 Å². The average molecular weight is 245 g/mol. The normalized spacial score (nSPS) is 19.0. The van der Waals surface area contributed by atoms with Gasteiger partial charge in [0.15, 0.2) is 0 Å². The minimum Gasteiger partial charge on any atom is -0.302 e. The van der Waals surface area contributed by atoms with Crippen molar-refractivity contribution in [3.8, 4) is 0 Å². The van der Waals surface area contributed by atoms with Gasteiger partial charge in [-0.1, -0.05) is 24.4 Å². The van der Waals surface area contributed by atoms with E-state index in [2.05, 4.69) is 9.71 Å². The number of hydrogen-bond donors (Lipinski definition) is 1. The van der Waals surface area contributed by atoms with E-state index in [0.29, 0.717) is 10.7 Å². The lowest BCUT2D eigenvalue weighted by molar-refractivity contribution is 0.673. The third-order valence-corrected chi connectivity index (χ3v) is 4.41. The monoisotopic (exact) mass is 244 g/mol. The molecule has 2 rings (SSSR count). The van der Waals surface area contributed by atoms with Crippen molar-refractivity contribution in [3.63, 3.8) is 0 Å². The molecule has 1 unspecified atom stereocenters. The van der Waals surface area contributed by atoms with Crippen molar-refractivity contribution in [3.05, 3.63) is 23.5 Å². The van der Waals surface area contributed by atoms with Crippen LogP contribution < -0.4 is 4.72 Å². The summed E-state index contributed by atoms with van der Waals surface area (Å²) in [5, 5.41) is 0.831. The number of pyridine rings is 1. The van der Waals surface area contributed by atoms with Crippen LogP contribution in [0.1, 0.15) is 25.7 Å². The summed E-state index contributed by atoms with van der Waals surface area (Å²) in [6.45, 7) is 0. The van der Waals surface area contributed by atoms with Gasteiger partial charge in [-0.25, -0.2) is 4.21 Å². The van der Waals surface area contributed by atoms with Crippen molar-refractivity contribution in [2.24, 2.45) is 0 Å². The minimum absolute atomic E-state index is 0.265. The molecule has 1 atom stereocenters. The van der Waals surface area contributed by atoms with Crippen molar-refractivity contribution in [1.29, 1.82) is 0 Å². The third kappa shape index (κ3) is 2.69. The first kappa shape index (κ1) is 10.9. The molecule has 1 heterocycles. The molecular weight excluding hydrogens is 232 g/mol. The maximum Gasteiger partial charge on any atom is 0.120 e. The Bertz CT molecular complexity index is 366. The third-order valence-electron chi connectivity index (χ3n) is 2.58. The molecule has 1 saturated carbocycles. The molecule has 1 aromatic heterocycles. The number of anilines is 1. The SMILES string of the molecule is O=S(Nc1cnccc1Cl)C1CCCC1. The Morgan fingerprint density at radius 1 is 1.47 bits per heavy atom. The Balaban J connectivity index is 2.02. The first-order chi connectivity index (χ1) is 7.27. The van der Waals surface area contributed by atoms with Crippen LogP contribution in [0.2, 0.25) is 5.02 Å². The first-order valence-electron chi connectivity index (χ1n) is 5.04. The summed E-state index contributed by atoms with van der Waals surface area (Å²) in [7, 11) is -1.03. The minimum atomic E-state index is -1.03. The molecule has 5 heteroatoms. The molecule has 1 aliphatic rings. The van der Waals surface area contributed by atoms with E-state index in [0.717, 1.165) is 12.8 Å². The number of aromatic nitrogens is 1. The molecule has 0 spiro atoms. The Morgan fingerprint density at radius 2 is 2.20 bits per heavy atom. The van der Waals surface area contributed by atoms with E-state index in [-0.39, 0.29) is 5.25 Å². The molecule has 1 N–H and O–H groups in total. The highest BCUT2D eigenvalue weighted by Crippen LogP contribution is 2.26. The van der Waals surface area contributed by atoms with Gasteiger partial charge in [0.25, 0.3) is 0 Å². The van der Waals surface area contributed by atoms with Gasteiger partial charge in [-0.3, -0.25) is 4.98 Å². The van der Waals surface area contributed by atoms with Crippen LogP contribution in [0.5, 0.6) is 0 Å². The van der Waals surface area contributed by atoms with Crippen LogP contribution in [0.3, 0.4) is 0 Å². The molecule has 1 aromatic rings. The smallest absolute Gasteiger partial charge is 0.120 e. The Hall–Kier alpha value is -0.610. The van der Waals surface area contributed by atoms with Gasteiger partial charge in [-0.2, -0.15) is 0 Å². The fourth-order valence-corrected chi connectivity index (χ4v) is 3.26. The molecule has 3 nitrogen and oxygen atoms in total. The van der Waals surface area contributed by atoms with E-state index in [1.165, 1.54) is 12.8 Å². The van der Waals surface area contributed by atoms with E-state index < -0.39 is 11.0 Å². The summed E-state index contributed by atoms with van der Waals surface area (Å²) in [4.78, 5) is 3.94. The fourth-order valence-electron chi connectivity index (χ4n) is 1.75. The molecule has 1 fully saturated rings. The highest BCUT2D eigenvalue weighted by atomic mass is 35.5. The van der Waals surface area contributed by atoms with Crippen LogP contribution >= 0.6 is 11.6 Å². The number of nitrogens with zero attached hydrogens (tertiary/aromatic N) is 1. The van der Waals surface area contributed by atoms with Crippen LogP contribution in [-0.2, 0) is 11.0 Å². The number of rotatable bonds is 3. The van der Waals surface area contributed by atoms with Crippen LogP contribution in [0.15, 0.2) is 18.5 Å². The standard InChI is InChI=1S/C10H13ClN2OS/c11-9-5-6-12-7-10(9)13-15(14)8-3-1-2-4-8/h5-8,13H,1-4H2. The Kier molecular flexibility index (Phi) is 3.59. The van der Waals surface area contributed by atoms with Crippen LogP contribution in [0.25, 0.3) is 0 Å². The van der Waals surface area contributed by atoms with Gasteiger partial charge in [0.2, 0.25) is 0 Å². The van der Waals surface area contributed by atoms with E-state index in [1.54, 1.807) is 18.5 Å². The van der Waals surface area contributed by atoms with Gasteiger partial charge in [-0.15, -0.1) is 0 Å². The molecule has 0 aliphatic heterocycles. The fraction of sp³-hybridized carbons (Fsp3) is 0.500. The maximum absolute atomic E-state index is 11.9. The van der Waals surface area contributed by atoms with Gasteiger partial charge in [-0.05, 0) is 18.9 Å². The lowest BCUT2D eigenvalue weighted by Gasteiger charge is -2.11. The second-order valence-corrected chi connectivity index (χ2v) is 5.53. The van der Waals surface area contributed by atoms with Gasteiger partial charge >= 0.3 is 0 Å². The van der Waals surface area contributed by atoms with Crippen molar-refractivity contribution in [2.75, 3.05) is 4.72 Å². The summed E-state index contributed by atoms with van der Waals surface area (Å²) >= 11 is 5.94. The predicted octanol–water partition coefficient (Wildman–Crippen LogP) is 2.75. The highest BCUT2D eigenvalue weighted by molar-refractivity contribution is 7.87. The summed E-state index contributed by atoms with van der Waals surface area (Å²) < 4.78 is 14.8. The lowest BCUT2D eigenvalue weighted by Crippen LogP contribution is -2.18. The van der Waals surface area contributed by atoms with Gasteiger partial charge in [0, 0.05) is 6.20 Å². The number of hydrogen-bond acceptors (Lipinski definition) is 2.